The predicted molar refractivity (Wildman–Crippen MR) is 126 cm³/mol. The molecule has 0 N–H and O–H groups in total. The number of halogens is 1. The Morgan fingerprint density at radius 1 is 1.00 bits per heavy atom. The first kappa shape index (κ1) is 20.3. The number of nitrogens with zero attached hydrogens (tertiary/aromatic N) is 3. The smallest absolute Gasteiger partial charge is 0.235 e. The zero-order chi connectivity index (χ0) is 20.4. The Balaban J connectivity index is 1.89. The van der Waals surface area contributed by atoms with Crippen molar-refractivity contribution in [1.82, 2.24) is 14.4 Å². The van der Waals surface area contributed by atoms with Gasteiger partial charge in [-0.3, -0.25) is 4.40 Å². The van der Waals surface area contributed by atoms with Gasteiger partial charge in [-0.25, -0.2) is 9.97 Å². The molecule has 0 saturated carbocycles. The van der Waals surface area contributed by atoms with E-state index in [1.807, 2.05) is 25.3 Å². The van der Waals surface area contributed by atoms with Crippen LogP contribution in [0.4, 0.5) is 0 Å². The highest BCUT2D eigenvalue weighted by molar-refractivity contribution is 7.99. The van der Waals surface area contributed by atoms with E-state index in [9.17, 15) is 0 Å². The summed E-state index contributed by atoms with van der Waals surface area (Å²) >= 11 is 10.2. The van der Waals surface area contributed by atoms with E-state index in [0.29, 0.717) is 5.78 Å². The first-order valence-electron chi connectivity index (χ1n) is 9.53. The lowest BCUT2D eigenvalue weighted by Crippen LogP contribution is -1.93. The molecule has 0 fully saturated rings. The highest BCUT2D eigenvalue weighted by Gasteiger charge is 2.18. The van der Waals surface area contributed by atoms with Gasteiger partial charge in [-0.05, 0) is 55.7 Å². The number of hydrogen-bond acceptors (Lipinski definition) is 4. The topological polar surface area (TPSA) is 30.2 Å². The van der Waals surface area contributed by atoms with Gasteiger partial charge in [0.2, 0.25) is 5.78 Å². The average Bonchev–Trinajstić information content (AvgIpc) is 3.11. The molecule has 2 aromatic heterocycles. The van der Waals surface area contributed by atoms with E-state index in [0.717, 1.165) is 50.3 Å². The molecule has 0 atom stereocenters. The van der Waals surface area contributed by atoms with Crippen LogP contribution < -0.4 is 0 Å². The van der Waals surface area contributed by atoms with Crippen LogP contribution in [0.5, 0.6) is 0 Å². The number of aromatic nitrogens is 3. The van der Waals surface area contributed by atoms with Gasteiger partial charge in [0.15, 0.2) is 0 Å². The molecule has 0 amide bonds. The van der Waals surface area contributed by atoms with Crippen molar-refractivity contribution < 1.29 is 0 Å². The first-order valence-corrected chi connectivity index (χ1v) is 12.1. The molecule has 148 valence electrons. The molecular formula is C23H22ClN3S2. The third-order valence-electron chi connectivity index (χ3n) is 4.66. The molecule has 0 aliphatic heterocycles. The minimum atomic E-state index is 0.699. The van der Waals surface area contributed by atoms with E-state index < -0.39 is 0 Å². The largest absolute Gasteiger partial charge is 0.283 e. The molecule has 2 aromatic carbocycles. The van der Waals surface area contributed by atoms with E-state index >= 15 is 0 Å². The Bertz CT molecular complexity index is 1150. The highest BCUT2D eigenvalue weighted by atomic mass is 35.5. The molecule has 6 heteroatoms. The van der Waals surface area contributed by atoms with Crippen molar-refractivity contribution in [3.63, 3.8) is 0 Å². The Labute approximate surface area is 184 Å². The summed E-state index contributed by atoms with van der Waals surface area (Å²) in [6.45, 7) is 4.16. The number of fused-ring (bicyclic) bond motifs is 1. The van der Waals surface area contributed by atoms with Crippen LogP contribution in [0.3, 0.4) is 0 Å². The lowest BCUT2D eigenvalue weighted by Gasteiger charge is -2.09. The van der Waals surface area contributed by atoms with E-state index in [-0.39, 0.29) is 0 Å². The summed E-state index contributed by atoms with van der Waals surface area (Å²) < 4.78 is 2.05. The van der Waals surface area contributed by atoms with Crippen LogP contribution in [0.2, 0.25) is 5.02 Å². The molecule has 0 aliphatic carbocycles. The monoisotopic (exact) mass is 439 g/mol. The zero-order valence-corrected chi connectivity index (χ0v) is 19.0. The molecule has 0 bridgehead atoms. The summed E-state index contributed by atoms with van der Waals surface area (Å²) in [7, 11) is 0. The van der Waals surface area contributed by atoms with Gasteiger partial charge in [0, 0.05) is 32.8 Å². The number of rotatable bonds is 6. The van der Waals surface area contributed by atoms with Crippen molar-refractivity contribution in [3.8, 4) is 22.5 Å². The molecule has 0 saturated heterocycles. The normalized spacial score (nSPS) is 11.3. The van der Waals surface area contributed by atoms with Crippen molar-refractivity contribution in [1.29, 1.82) is 0 Å². The van der Waals surface area contributed by atoms with Gasteiger partial charge in [0.25, 0.3) is 0 Å². The maximum atomic E-state index is 6.63. The van der Waals surface area contributed by atoms with Gasteiger partial charge in [-0.15, -0.1) is 23.5 Å². The number of imidazole rings is 1. The highest BCUT2D eigenvalue weighted by Crippen LogP contribution is 2.37. The molecular weight excluding hydrogens is 418 g/mol. The van der Waals surface area contributed by atoms with E-state index in [2.05, 4.69) is 59.0 Å². The third-order valence-corrected chi connectivity index (χ3v) is 7.11. The second-order valence-corrected chi connectivity index (χ2v) is 9.19. The molecule has 0 spiro atoms. The number of thioether (sulfide) groups is 2. The van der Waals surface area contributed by atoms with Crippen molar-refractivity contribution in [2.24, 2.45) is 0 Å². The Hall–Kier alpha value is -1.95. The van der Waals surface area contributed by atoms with Crippen LogP contribution in [0.15, 0.2) is 64.5 Å². The Morgan fingerprint density at radius 3 is 2.45 bits per heavy atom. The fraction of sp³-hybridized carbons (Fsp3) is 0.217. The number of hydrogen-bond donors (Lipinski definition) is 0. The molecule has 3 nitrogen and oxygen atoms in total. The van der Waals surface area contributed by atoms with Crippen LogP contribution in [0.25, 0.3) is 28.3 Å². The fourth-order valence-corrected chi connectivity index (χ4v) is 4.76. The Kier molecular flexibility index (Phi) is 6.18. The predicted octanol–water partition coefficient (Wildman–Crippen LogP) is 7.25. The molecule has 0 unspecified atom stereocenters. The van der Waals surface area contributed by atoms with Gasteiger partial charge in [-0.2, -0.15) is 0 Å². The molecule has 4 rings (SSSR count). The summed E-state index contributed by atoms with van der Waals surface area (Å²) in [6, 6.07) is 16.8. The maximum absolute atomic E-state index is 6.63. The first-order chi connectivity index (χ1) is 14.1. The number of aryl methyl sites for hydroxylation is 1. The van der Waals surface area contributed by atoms with Crippen LogP contribution >= 0.6 is 35.1 Å². The quantitative estimate of drug-likeness (QED) is 0.296. The van der Waals surface area contributed by atoms with E-state index in [1.54, 1.807) is 23.5 Å². The molecule has 29 heavy (non-hydrogen) atoms. The summed E-state index contributed by atoms with van der Waals surface area (Å²) in [5, 5.41) is 0.777. The van der Waals surface area contributed by atoms with Gasteiger partial charge in [-0.1, -0.05) is 36.7 Å². The second kappa shape index (κ2) is 8.82. The maximum Gasteiger partial charge on any atom is 0.235 e. The van der Waals surface area contributed by atoms with Gasteiger partial charge < -0.3 is 0 Å². The van der Waals surface area contributed by atoms with Gasteiger partial charge in [0.05, 0.1) is 16.4 Å². The number of benzene rings is 2. The van der Waals surface area contributed by atoms with Crippen molar-refractivity contribution in [2.75, 3.05) is 12.0 Å². The lowest BCUT2D eigenvalue weighted by atomic mass is 10.0. The summed E-state index contributed by atoms with van der Waals surface area (Å²) in [4.78, 5) is 11.9. The third kappa shape index (κ3) is 4.18. The van der Waals surface area contributed by atoms with Crippen LogP contribution in [0.1, 0.15) is 19.0 Å². The molecule has 0 aliphatic rings. The SMILES string of the molecule is CCCSc1ccc(-c2c(-c3ccc(SC)cc3)nc3nc(C)ccn23)cc1Cl. The van der Waals surface area contributed by atoms with Gasteiger partial charge >= 0.3 is 0 Å². The zero-order valence-electron chi connectivity index (χ0n) is 16.6. The minimum Gasteiger partial charge on any atom is -0.283 e. The second-order valence-electron chi connectivity index (χ2n) is 6.77. The summed E-state index contributed by atoms with van der Waals surface area (Å²) in [6.07, 6.45) is 5.24. The standard InChI is InChI=1S/C23H22ClN3S2/c1-4-13-29-20-10-7-17(14-19(20)24)22-21(16-5-8-18(28-3)9-6-16)26-23-25-15(2)11-12-27(22)23/h5-12,14H,4,13H2,1-3H3. The van der Waals surface area contributed by atoms with Crippen LogP contribution in [0, 0.1) is 6.92 Å². The minimum absolute atomic E-state index is 0.699. The average molecular weight is 440 g/mol. The van der Waals surface area contributed by atoms with Crippen LogP contribution in [-0.2, 0) is 0 Å². The molecule has 0 radical (unpaired) electrons. The van der Waals surface area contributed by atoms with Crippen molar-refractivity contribution in [3.05, 3.63) is 65.4 Å². The van der Waals surface area contributed by atoms with Crippen molar-refractivity contribution >= 4 is 40.9 Å². The summed E-state index contributed by atoms with van der Waals surface area (Å²) in [5.41, 5.74) is 4.99. The fourth-order valence-electron chi connectivity index (χ4n) is 3.22. The van der Waals surface area contributed by atoms with Gasteiger partial charge in [0.1, 0.15) is 0 Å². The van der Waals surface area contributed by atoms with E-state index in [4.69, 9.17) is 16.6 Å². The van der Waals surface area contributed by atoms with Crippen molar-refractivity contribution in [2.45, 2.75) is 30.1 Å². The molecule has 2 heterocycles. The van der Waals surface area contributed by atoms with Crippen LogP contribution in [-0.4, -0.2) is 26.4 Å². The van der Waals surface area contributed by atoms with E-state index in [1.165, 1.54) is 4.90 Å². The summed E-state index contributed by atoms with van der Waals surface area (Å²) in [5.74, 6) is 1.76. The molecule has 4 aromatic rings. The lowest BCUT2D eigenvalue weighted by molar-refractivity contribution is 1.07. The Morgan fingerprint density at radius 2 is 1.76 bits per heavy atom.